The third-order valence-corrected chi connectivity index (χ3v) is 6.95. The zero-order valence-electron chi connectivity index (χ0n) is 24.4. The van der Waals surface area contributed by atoms with E-state index in [0.29, 0.717) is 40.2 Å². The van der Waals surface area contributed by atoms with Crippen molar-refractivity contribution in [3.05, 3.63) is 130 Å². The van der Waals surface area contributed by atoms with Crippen LogP contribution in [0.5, 0.6) is 17.2 Å². The predicted molar refractivity (Wildman–Crippen MR) is 167 cm³/mol. The van der Waals surface area contributed by atoms with E-state index in [9.17, 15) is 4.79 Å². The van der Waals surface area contributed by atoms with Gasteiger partial charge in [0.1, 0.15) is 24.7 Å². The fourth-order valence-corrected chi connectivity index (χ4v) is 4.88. The van der Waals surface area contributed by atoms with Gasteiger partial charge in [0.25, 0.3) is 0 Å². The normalized spacial score (nSPS) is 11.1. The van der Waals surface area contributed by atoms with Crippen LogP contribution in [0.15, 0.2) is 94.4 Å². The highest BCUT2D eigenvalue weighted by Crippen LogP contribution is 2.34. The molecule has 3 aromatic carbocycles. The largest absolute Gasteiger partial charge is 0.493 e. The number of hydrogen-bond donors (Lipinski definition) is 1. The molecular formula is C34H32ClN3O5. The maximum atomic E-state index is 12.7. The van der Waals surface area contributed by atoms with Gasteiger partial charge in [0.05, 0.1) is 13.3 Å². The van der Waals surface area contributed by atoms with Crippen LogP contribution in [0.2, 0.25) is 5.02 Å². The molecule has 8 nitrogen and oxygen atoms in total. The van der Waals surface area contributed by atoms with Crippen LogP contribution in [0.4, 0.5) is 0 Å². The van der Waals surface area contributed by atoms with E-state index in [1.54, 1.807) is 24.3 Å². The molecule has 1 amide bonds. The van der Waals surface area contributed by atoms with Gasteiger partial charge in [-0.2, -0.15) is 5.10 Å². The molecule has 5 aromatic rings. The second kappa shape index (κ2) is 13.4. The number of aryl methyl sites for hydroxylation is 3. The fraction of sp³-hybridized carbons (Fsp3) is 0.176. The van der Waals surface area contributed by atoms with E-state index < -0.39 is 5.91 Å². The molecule has 0 spiro atoms. The SMILES string of the molecule is COc1cc(Cl)cc(C=NNC(=O)c2ccc(COc3ccc(-n4c(C)ccc4C)cc3)o2)c1OCc1cccc(C)c1. The van der Waals surface area contributed by atoms with Crippen molar-refractivity contribution >= 4 is 23.7 Å². The van der Waals surface area contributed by atoms with Crippen molar-refractivity contribution in [3.8, 4) is 22.9 Å². The molecular weight excluding hydrogens is 566 g/mol. The number of furan rings is 1. The van der Waals surface area contributed by atoms with Gasteiger partial charge >= 0.3 is 5.91 Å². The number of aromatic nitrogens is 1. The summed E-state index contributed by atoms with van der Waals surface area (Å²) in [6, 6.07) is 26.6. The van der Waals surface area contributed by atoms with Gasteiger partial charge in [-0.1, -0.05) is 41.4 Å². The van der Waals surface area contributed by atoms with Crippen molar-refractivity contribution in [2.24, 2.45) is 5.10 Å². The van der Waals surface area contributed by atoms with E-state index in [-0.39, 0.29) is 12.4 Å². The molecule has 1 N–H and O–H groups in total. The second-order valence-electron chi connectivity index (χ2n) is 10.0. The summed E-state index contributed by atoms with van der Waals surface area (Å²) in [6.07, 6.45) is 1.45. The van der Waals surface area contributed by atoms with Gasteiger partial charge in [-0.15, -0.1) is 0 Å². The number of rotatable bonds is 11. The minimum Gasteiger partial charge on any atom is -0.493 e. The maximum Gasteiger partial charge on any atom is 0.307 e. The lowest BCUT2D eigenvalue weighted by Crippen LogP contribution is -2.17. The summed E-state index contributed by atoms with van der Waals surface area (Å²) in [5.74, 6) is 1.69. The molecule has 0 aliphatic carbocycles. The monoisotopic (exact) mass is 597 g/mol. The van der Waals surface area contributed by atoms with Gasteiger partial charge < -0.3 is 23.2 Å². The summed E-state index contributed by atoms with van der Waals surface area (Å²) in [4.78, 5) is 12.7. The highest BCUT2D eigenvalue weighted by Gasteiger charge is 2.14. The van der Waals surface area contributed by atoms with Crippen LogP contribution in [0.3, 0.4) is 0 Å². The topological polar surface area (TPSA) is 87.2 Å². The first kappa shape index (κ1) is 29.5. The molecule has 0 radical (unpaired) electrons. The van der Waals surface area contributed by atoms with E-state index in [1.807, 2.05) is 55.5 Å². The Labute approximate surface area is 255 Å². The van der Waals surface area contributed by atoms with E-state index in [0.717, 1.165) is 28.2 Å². The third-order valence-electron chi connectivity index (χ3n) is 6.74. The molecule has 2 aromatic heterocycles. The Hall–Kier alpha value is -4.95. The first-order valence-electron chi connectivity index (χ1n) is 13.7. The summed E-state index contributed by atoms with van der Waals surface area (Å²) in [5.41, 5.74) is 8.55. The van der Waals surface area contributed by atoms with Gasteiger partial charge in [0.15, 0.2) is 17.3 Å². The molecule has 0 fully saturated rings. The molecule has 0 atom stereocenters. The number of ether oxygens (including phenoxy) is 3. The summed E-state index contributed by atoms with van der Waals surface area (Å²) < 4.78 is 25.3. The van der Waals surface area contributed by atoms with Gasteiger partial charge in [-0.05, 0) is 80.9 Å². The summed E-state index contributed by atoms with van der Waals surface area (Å²) in [7, 11) is 1.53. The number of carbonyl (C=O) groups is 1. The first-order valence-corrected chi connectivity index (χ1v) is 14.0. The Morgan fingerprint density at radius 1 is 0.930 bits per heavy atom. The number of benzene rings is 3. The van der Waals surface area contributed by atoms with Crippen molar-refractivity contribution in [1.82, 2.24) is 9.99 Å². The number of nitrogens with zero attached hydrogens (tertiary/aromatic N) is 2. The van der Waals surface area contributed by atoms with E-state index in [4.69, 9.17) is 30.2 Å². The third kappa shape index (κ3) is 7.28. The fourth-order valence-electron chi connectivity index (χ4n) is 4.66. The van der Waals surface area contributed by atoms with Crippen molar-refractivity contribution in [1.29, 1.82) is 0 Å². The van der Waals surface area contributed by atoms with Crippen LogP contribution in [0.25, 0.3) is 5.69 Å². The molecule has 0 saturated heterocycles. The quantitative estimate of drug-likeness (QED) is 0.125. The predicted octanol–water partition coefficient (Wildman–Crippen LogP) is 7.58. The average Bonchev–Trinajstić information content (AvgIpc) is 3.61. The van der Waals surface area contributed by atoms with Crippen molar-refractivity contribution in [2.45, 2.75) is 34.0 Å². The zero-order valence-corrected chi connectivity index (χ0v) is 25.1. The van der Waals surface area contributed by atoms with E-state index in [1.165, 1.54) is 13.3 Å². The van der Waals surface area contributed by atoms with Gasteiger partial charge in [-0.25, -0.2) is 5.43 Å². The molecule has 0 aliphatic heterocycles. The van der Waals surface area contributed by atoms with Crippen LogP contribution in [0, 0.1) is 20.8 Å². The molecule has 0 bridgehead atoms. The average molecular weight is 598 g/mol. The highest BCUT2D eigenvalue weighted by molar-refractivity contribution is 6.31. The summed E-state index contributed by atoms with van der Waals surface area (Å²) in [6.45, 7) is 6.65. The Morgan fingerprint density at radius 2 is 1.70 bits per heavy atom. The molecule has 0 saturated carbocycles. The smallest absolute Gasteiger partial charge is 0.307 e. The van der Waals surface area contributed by atoms with Gasteiger partial charge in [-0.3, -0.25) is 4.79 Å². The Morgan fingerprint density at radius 3 is 2.42 bits per heavy atom. The lowest BCUT2D eigenvalue weighted by Gasteiger charge is -2.14. The molecule has 220 valence electrons. The Bertz CT molecular complexity index is 1730. The molecule has 43 heavy (non-hydrogen) atoms. The molecule has 9 heteroatoms. The number of methoxy groups -OCH3 is 1. The summed E-state index contributed by atoms with van der Waals surface area (Å²) in [5, 5.41) is 4.53. The lowest BCUT2D eigenvalue weighted by molar-refractivity contribution is 0.0923. The van der Waals surface area contributed by atoms with Crippen LogP contribution in [-0.2, 0) is 13.2 Å². The zero-order chi connectivity index (χ0) is 30.3. The number of carbonyl (C=O) groups excluding carboxylic acids is 1. The Balaban J connectivity index is 1.19. The van der Waals surface area contributed by atoms with Crippen molar-refractivity contribution < 1.29 is 23.4 Å². The molecule has 2 heterocycles. The number of hydrazone groups is 1. The van der Waals surface area contributed by atoms with Crippen molar-refractivity contribution in [2.75, 3.05) is 7.11 Å². The molecule has 5 rings (SSSR count). The second-order valence-corrected chi connectivity index (χ2v) is 10.4. The molecule has 0 aliphatic rings. The van der Waals surface area contributed by atoms with Crippen molar-refractivity contribution in [3.63, 3.8) is 0 Å². The number of hydrogen-bond acceptors (Lipinski definition) is 6. The standard InChI is InChI=1S/C34H32ClN3O5/c1-22-6-5-7-25(16-22)20-42-33-26(17-27(35)18-32(33)40-4)19-36-37-34(39)31-15-14-30(43-31)21-41-29-12-10-28(11-13-29)38-23(2)8-9-24(38)3/h5-19H,20-21H2,1-4H3,(H,37,39). The highest BCUT2D eigenvalue weighted by atomic mass is 35.5. The van der Waals surface area contributed by atoms with E-state index in [2.05, 4.69) is 41.1 Å². The first-order chi connectivity index (χ1) is 20.8. The van der Waals surface area contributed by atoms with Crippen LogP contribution >= 0.6 is 11.6 Å². The number of amides is 1. The minimum absolute atomic E-state index is 0.101. The van der Waals surface area contributed by atoms with E-state index >= 15 is 0 Å². The maximum absolute atomic E-state index is 12.7. The summed E-state index contributed by atoms with van der Waals surface area (Å²) >= 11 is 6.28. The van der Waals surface area contributed by atoms with Crippen LogP contribution in [0.1, 0.15) is 44.4 Å². The molecule has 0 unspecified atom stereocenters. The van der Waals surface area contributed by atoms with Gasteiger partial charge in [0, 0.05) is 33.7 Å². The number of halogens is 1. The Kier molecular flexibility index (Phi) is 9.17. The van der Waals surface area contributed by atoms with Gasteiger partial charge in [0.2, 0.25) is 0 Å². The lowest BCUT2D eigenvalue weighted by atomic mass is 10.1. The van der Waals surface area contributed by atoms with Crippen LogP contribution < -0.4 is 19.6 Å². The number of nitrogens with one attached hydrogen (secondary N) is 1. The minimum atomic E-state index is -0.513. The van der Waals surface area contributed by atoms with Crippen LogP contribution in [-0.4, -0.2) is 23.8 Å².